The van der Waals surface area contributed by atoms with Gasteiger partial charge in [-0.15, -0.1) is 0 Å². The van der Waals surface area contributed by atoms with Crippen molar-refractivity contribution in [2.45, 2.75) is 6.61 Å². The molecule has 0 aliphatic heterocycles. The zero-order valence-electron chi connectivity index (χ0n) is 7.31. The molecule has 0 heterocycles. The largest absolute Gasteiger partial charge is 0.374 e. The summed E-state index contributed by atoms with van der Waals surface area (Å²) < 4.78 is 5.29. The fourth-order valence-electron chi connectivity index (χ4n) is 0.915. The van der Waals surface area contributed by atoms with Gasteiger partial charge in [-0.3, -0.25) is 0 Å². The lowest BCUT2D eigenvalue weighted by atomic mass is 10.2. The highest BCUT2D eigenvalue weighted by atomic mass is 16.5. The lowest BCUT2D eigenvalue weighted by molar-refractivity contribution is 0.148. The maximum atomic E-state index is 6.48. The highest BCUT2D eigenvalue weighted by Crippen LogP contribution is 1.99. The maximum Gasteiger partial charge on any atom is 0.152 e. The normalized spacial score (nSPS) is 10.1. The Bertz CT molecular complexity index is 298. The summed E-state index contributed by atoms with van der Waals surface area (Å²) in [7, 11) is 0. The molecular formula is C11H11NO. The van der Waals surface area contributed by atoms with Crippen LogP contribution in [0, 0.1) is 6.57 Å². The van der Waals surface area contributed by atoms with E-state index in [4.69, 9.17) is 11.3 Å². The first-order valence-electron chi connectivity index (χ1n) is 4.06. The molecular weight excluding hydrogens is 162 g/mol. The van der Waals surface area contributed by atoms with Crippen molar-refractivity contribution in [2.24, 2.45) is 0 Å². The average Bonchev–Trinajstić information content (AvgIpc) is 2.19. The molecule has 0 unspecified atom stereocenters. The standard InChI is InChI=1S/C11H11NO/c1-12-8-5-9-13-10-11-6-3-2-4-7-11/h2-8H,9-10H2/b8-5+. The van der Waals surface area contributed by atoms with Crippen LogP contribution in [0.4, 0.5) is 0 Å². The molecule has 0 amide bonds. The van der Waals surface area contributed by atoms with E-state index in [0.29, 0.717) is 13.2 Å². The van der Waals surface area contributed by atoms with E-state index in [0.717, 1.165) is 5.56 Å². The molecule has 0 radical (unpaired) electrons. The number of rotatable bonds is 4. The molecule has 0 saturated heterocycles. The van der Waals surface area contributed by atoms with Gasteiger partial charge in [-0.1, -0.05) is 36.4 Å². The number of benzene rings is 1. The highest BCUT2D eigenvalue weighted by Gasteiger charge is 1.88. The minimum Gasteiger partial charge on any atom is -0.374 e. The van der Waals surface area contributed by atoms with Crippen molar-refractivity contribution in [3.63, 3.8) is 0 Å². The monoisotopic (exact) mass is 173 g/mol. The van der Waals surface area contributed by atoms with Crippen molar-refractivity contribution < 1.29 is 4.74 Å². The average molecular weight is 173 g/mol. The van der Waals surface area contributed by atoms with Gasteiger partial charge in [-0.2, -0.15) is 0 Å². The second-order valence-corrected chi connectivity index (χ2v) is 2.51. The second-order valence-electron chi connectivity index (χ2n) is 2.51. The first kappa shape index (κ1) is 9.50. The molecule has 1 aromatic rings. The Balaban J connectivity index is 2.21. The minimum atomic E-state index is 0.497. The summed E-state index contributed by atoms with van der Waals surface area (Å²) in [6, 6.07) is 9.96. The molecule has 0 aliphatic rings. The highest BCUT2D eigenvalue weighted by molar-refractivity contribution is 5.13. The smallest absolute Gasteiger partial charge is 0.152 e. The molecule has 0 spiro atoms. The molecule has 0 fully saturated rings. The Morgan fingerprint density at radius 1 is 1.31 bits per heavy atom. The molecule has 0 bridgehead atoms. The van der Waals surface area contributed by atoms with Crippen LogP contribution >= 0.6 is 0 Å². The van der Waals surface area contributed by atoms with Gasteiger partial charge in [0.15, 0.2) is 6.20 Å². The third-order valence-electron chi connectivity index (χ3n) is 1.51. The maximum absolute atomic E-state index is 6.48. The van der Waals surface area contributed by atoms with Gasteiger partial charge in [0, 0.05) is 0 Å². The number of hydrogen-bond acceptors (Lipinski definition) is 1. The molecule has 0 N–H and O–H groups in total. The van der Waals surface area contributed by atoms with Crippen molar-refractivity contribution >= 4 is 0 Å². The van der Waals surface area contributed by atoms with E-state index in [1.54, 1.807) is 6.08 Å². The first-order valence-corrected chi connectivity index (χ1v) is 4.06. The van der Waals surface area contributed by atoms with Crippen LogP contribution in [0.3, 0.4) is 0 Å². The van der Waals surface area contributed by atoms with E-state index >= 15 is 0 Å². The Labute approximate surface area is 78.3 Å². The summed E-state index contributed by atoms with van der Waals surface area (Å²) in [6.07, 6.45) is 3.11. The molecule has 2 nitrogen and oxygen atoms in total. The van der Waals surface area contributed by atoms with Gasteiger partial charge in [0.2, 0.25) is 0 Å². The summed E-state index contributed by atoms with van der Waals surface area (Å²) in [6.45, 7) is 7.58. The summed E-state index contributed by atoms with van der Waals surface area (Å²) in [4.78, 5) is 3.07. The lowest BCUT2D eigenvalue weighted by Gasteiger charge is -1.99. The summed E-state index contributed by atoms with van der Waals surface area (Å²) in [5, 5.41) is 0. The molecule has 13 heavy (non-hydrogen) atoms. The van der Waals surface area contributed by atoms with Crippen LogP contribution in [0.1, 0.15) is 5.56 Å². The summed E-state index contributed by atoms with van der Waals surface area (Å²) >= 11 is 0. The van der Waals surface area contributed by atoms with Crippen molar-refractivity contribution in [1.82, 2.24) is 0 Å². The van der Waals surface area contributed by atoms with Crippen LogP contribution in [0.2, 0.25) is 0 Å². The third-order valence-corrected chi connectivity index (χ3v) is 1.51. The Morgan fingerprint density at radius 2 is 2.08 bits per heavy atom. The number of nitrogens with zero attached hydrogens (tertiary/aromatic N) is 1. The van der Waals surface area contributed by atoms with E-state index in [1.165, 1.54) is 6.20 Å². The van der Waals surface area contributed by atoms with E-state index < -0.39 is 0 Å². The number of ether oxygens (including phenoxy) is 1. The second kappa shape index (κ2) is 5.99. The summed E-state index contributed by atoms with van der Waals surface area (Å²) in [5.41, 5.74) is 1.15. The van der Waals surface area contributed by atoms with Crippen molar-refractivity contribution in [2.75, 3.05) is 6.61 Å². The molecule has 0 aromatic heterocycles. The zero-order chi connectivity index (χ0) is 9.36. The fourth-order valence-corrected chi connectivity index (χ4v) is 0.915. The Hall–Kier alpha value is -1.59. The molecule has 0 aliphatic carbocycles. The van der Waals surface area contributed by atoms with Crippen LogP contribution < -0.4 is 0 Å². The van der Waals surface area contributed by atoms with Crippen molar-refractivity contribution in [1.29, 1.82) is 0 Å². The molecule has 2 heteroatoms. The van der Waals surface area contributed by atoms with Gasteiger partial charge < -0.3 is 4.74 Å². The van der Waals surface area contributed by atoms with Crippen LogP contribution in [0.15, 0.2) is 42.6 Å². The van der Waals surface area contributed by atoms with E-state index in [2.05, 4.69) is 4.85 Å². The zero-order valence-corrected chi connectivity index (χ0v) is 7.31. The van der Waals surface area contributed by atoms with E-state index in [1.807, 2.05) is 30.3 Å². The fraction of sp³-hybridized carbons (Fsp3) is 0.182. The Morgan fingerprint density at radius 3 is 2.77 bits per heavy atom. The molecule has 1 rings (SSSR count). The first-order chi connectivity index (χ1) is 6.43. The predicted molar refractivity (Wildman–Crippen MR) is 51.8 cm³/mol. The Kier molecular flexibility index (Phi) is 4.37. The van der Waals surface area contributed by atoms with Crippen LogP contribution in [0.25, 0.3) is 4.85 Å². The van der Waals surface area contributed by atoms with Gasteiger partial charge in [-0.25, -0.2) is 4.85 Å². The predicted octanol–water partition coefficient (Wildman–Crippen LogP) is 2.64. The van der Waals surface area contributed by atoms with Gasteiger partial charge in [0.05, 0.1) is 19.8 Å². The summed E-state index contributed by atoms with van der Waals surface area (Å²) in [5.74, 6) is 0. The minimum absolute atomic E-state index is 0.497. The van der Waals surface area contributed by atoms with Crippen LogP contribution in [-0.2, 0) is 11.3 Å². The van der Waals surface area contributed by atoms with Crippen molar-refractivity contribution in [3.8, 4) is 0 Å². The van der Waals surface area contributed by atoms with E-state index in [-0.39, 0.29) is 0 Å². The quantitative estimate of drug-likeness (QED) is 0.504. The topological polar surface area (TPSA) is 13.6 Å². The molecule has 0 atom stereocenters. The van der Waals surface area contributed by atoms with Gasteiger partial charge in [-0.05, 0) is 5.56 Å². The SMILES string of the molecule is [C-]#[N+]/C=C/COCc1ccccc1. The van der Waals surface area contributed by atoms with E-state index in [9.17, 15) is 0 Å². The van der Waals surface area contributed by atoms with Gasteiger partial charge in [0.1, 0.15) is 0 Å². The number of hydrogen-bond donors (Lipinski definition) is 0. The molecule has 1 aromatic carbocycles. The van der Waals surface area contributed by atoms with Gasteiger partial charge in [0.25, 0.3) is 0 Å². The molecule has 66 valence electrons. The van der Waals surface area contributed by atoms with Crippen LogP contribution in [-0.4, -0.2) is 6.61 Å². The molecule has 0 saturated carbocycles. The third kappa shape index (κ3) is 4.09. The van der Waals surface area contributed by atoms with Gasteiger partial charge >= 0.3 is 0 Å². The lowest BCUT2D eigenvalue weighted by Crippen LogP contribution is -1.91. The van der Waals surface area contributed by atoms with Crippen molar-refractivity contribution in [3.05, 3.63) is 59.6 Å². The van der Waals surface area contributed by atoms with Crippen LogP contribution in [0.5, 0.6) is 0 Å².